The Hall–Kier alpha value is -4.26. The number of rotatable bonds is 7. The van der Waals surface area contributed by atoms with Crippen LogP contribution in [-0.4, -0.2) is 54.5 Å². The van der Waals surface area contributed by atoms with Crippen molar-refractivity contribution in [2.45, 2.75) is 44.1 Å². The average Bonchev–Trinajstić information content (AvgIpc) is 3.38. The molecule has 0 spiro atoms. The number of esters is 1. The van der Waals surface area contributed by atoms with Gasteiger partial charge in [0.2, 0.25) is 11.8 Å². The van der Waals surface area contributed by atoms with Crippen LogP contribution in [0, 0.1) is 5.41 Å². The highest BCUT2D eigenvalue weighted by Crippen LogP contribution is 2.25. The third-order valence-corrected chi connectivity index (χ3v) is 5.82. The lowest BCUT2D eigenvalue weighted by Crippen LogP contribution is -2.49. The fourth-order valence-electron chi connectivity index (χ4n) is 3.77. The van der Waals surface area contributed by atoms with Gasteiger partial charge in [0.15, 0.2) is 0 Å². The Bertz CT molecular complexity index is 1190. The Morgan fingerprint density at radius 3 is 2.37 bits per heavy atom. The monoisotopic (exact) mass is 533 g/mol. The average molecular weight is 534 g/mol. The van der Waals surface area contributed by atoms with Crippen LogP contribution in [0.15, 0.2) is 54.6 Å². The van der Waals surface area contributed by atoms with Gasteiger partial charge in [0, 0.05) is 18.7 Å². The molecule has 3 amide bonds. The molecule has 2 aromatic carbocycles. The van der Waals surface area contributed by atoms with Gasteiger partial charge in [0.05, 0.1) is 6.04 Å². The predicted molar refractivity (Wildman–Crippen MR) is 129 cm³/mol. The van der Waals surface area contributed by atoms with Crippen LogP contribution in [0.2, 0.25) is 0 Å². The van der Waals surface area contributed by atoms with E-state index in [-0.39, 0.29) is 23.9 Å². The molecule has 3 rings (SSSR count). The molecule has 1 saturated heterocycles. The Kier molecular flexibility index (Phi) is 9.18. The van der Waals surface area contributed by atoms with Gasteiger partial charge >= 0.3 is 18.2 Å². The molecule has 1 fully saturated rings. The van der Waals surface area contributed by atoms with E-state index in [9.17, 15) is 32.3 Å². The minimum Gasteiger partial charge on any atom is -0.369 e. The van der Waals surface area contributed by atoms with E-state index in [1.54, 1.807) is 12.2 Å². The highest BCUT2D eigenvalue weighted by atomic mass is 19.4. The van der Waals surface area contributed by atoms with Gasteiger partial charge in [-0.15, -0.1) is 0 Å². The maximum absolute atomic E-state index is 12.6. The lowest BCUT2D eigenvalue weighted by molar-refractivity contribution is -0.192. The molecule has 0 bridgehead atoms. The van der Waals surface area contributed by atoms with E-state index in [0.717, 1.165) is 5.56 Å². The molecule has 38 heavy (non-hydrogen) atoms. The quantitative estimate of drug-likeness (QED) is 0.159. The van der Waals surface area contributed by atoms with Gasteiger partial charge in [0.1, 0.15) is 11.9 Å². The van der Waals surface area contributed by atoms with Crippen molar-refractivity contribution in [2.24, 2.45) is 0 Å². The molecule has 1 aliphatic rings. The summed E-state index contributed by atoms with van der Waals surface area (Å²) >= 11 is 0. The first-order chi connectivity index (χ1) is 17.9. The topological polar surface area (TPSA) is 149 Å². The van der Waals surface area contributed by atoms with Crippen molar-refractivity contribution >= 4 is 29.7 Å². The Balaban J connectivity index is 1.42. The summed E-state index contributed by atoms with van der Waals surface area (Å²) in [4.78, 5) is 47.1. The molecule has 1 heterocycles. The van der Waals surface area contributed by atoms with Crippen LogP contribution < -0.4 is 21.3 Å². The smallest absolute Gasteiger partial charge is 0.369 e. The number of benzene rings is 2. The molecule has 0 aromatic heterocycles. The molecule has 10 nitrogen and oxygen atoms in total. The highest BCUT2D eigenvalue weighted by molar-refractivity contribution is 6.06. The molecule has 13 heteroatoms. The lowest BCUT2D eigenvalue weighted by Gasteiger charge is -2.17. The van der Waals surface area contributed by atoms with Crippen LogP contribution in [0.5, 0.6) is 0 Å². The third-order valence-electron chi connectivity index (χ3n) is 5.82. The molecule has 202 valence electrons. The number of carbonyl (C=O) groups is 4. The summed E-state index contributed by atoms with van der Waals surface area (Å²) in [5, 5.41) is 18.0. The van der Waals surface area contributed by atoms with Gasteiger partial charge in [-0.05, 0) is 30.4 Å². The zero-order chi connectivity index (χ0) is 27.9. The second-order valence-corrected chi connectivity index (χ2v) is 8.62. The fourth-order valence-corrected chi connectivity index (χ4v) is 3.77. The van der Waals surface area contributed by atoms with Crippen LogP contribution in [0.1, 0.15) is 36.0 Å². The molecule has 0 unspecified atom stereocenters. The molecule has 5 N–H and O–H groups in total. The number of hydrogen-bond acceptors (Lipinski definition) is 7. The number of alkyl halides is 3. The van der Waals surface area contributed by atoms with Crippen LogP contribution >= 0.6 is 0 Å². The fraction of sp³-hybridized carbons (Fsp3) is 0.320. The molecular formula is C25H26F3N5O5. The normalized spacial score (nSPS) is 17.7. The maximum Gasteiger partial charge on any atom is 0.491 e. The SMILES string of the molecule is C[C@H](NC(=O)[C@H]1C[C@H](c2ccccc2)CN1)C(=O)NCc1ccc(C(=N)NC(=O)OC(=O)C(F)(F)F)cc1. The maximum atomic E-state index is 12.6. The third kappa shape index (κ3) is 7.87. The van der Waals surface area contributed by atoms with E-state index < -0.39 is 42.1 Å². The Labute approximate surface area is 215 Å². The number of hydrogen-bond donors (Lipinski definition) is 5. The summed E-state index contributed by atoms with van der Waals surface area (Å²) in [6.07, 6.45) is -6.46. The number of ether oxygens (including phenoxy) is 1. The van der Waals surface area contributed by atoms with Crippen molar-refractivity contribution in [3.8, 4) is 0 Å². The van der Waals surface area contributed by atoms with E-state index >= 15 is 0 Å². The van der Waals surface area contributed by atoms with Crippen LogP contribution in [0.25, 0.3) is 0 Å². The number of alkyl carbamates (subject to hydrolysis) is 1. The number of amides is 3. The van der Waals surface area contributed by atoms with Gasteiger partial charge < -0.3 is 20.7 Å². The van der Waals surface area contributed by atoms with Gasteiger partial charge in [-0.25, -0.2) is 9.59 Å². The van der Waals surface area contributed by atoms with Crippen molar-refractivity contribution in [1.29, 1.82) is 5.41 Å². The Morgan fingerprint density at radius 2 is 1.74 bits per heavy atom. The van der Waals surface area contributed by atoms with Crippen molar-refractivity contribution < 1.29 is 37.1 Å². The van der Waals surface area contributed by atoms with Gasteiger partial charge in [-0.1, -0.05) is 54.6 Å². The standard InChI is InChI=1S/C25H26F3N5O5/c1-14(32-22(35)19-11-18(13-30-19)16-5-3-2-4-6-16)21(34)31-12-15-7-9-17(10-8-15)20(29)33-24(37)38-23(36)25(26,27)28/h2-10,14,18-19,30H,11-13H2,1H3,(H,31,34)(H,32,35)(H2,29,33,37)/t14-,18-,19+/m0/s1. The van der Waals surface area contributed by atoms with Gasteiger partial charge in [0.25, 0.3) is 0 Å². The van der Waals surface area contributed by atoms with E-state index in [0.29, 0.717) is 18.5 Å². The summed E-state index contributed by atoms with van der Waals surface area (Å²) in [6, 6.07) is 14.5. The largest absolute Gasteiger partial charge is 0.491 e. The first kappa shape index (κ1) is 28.3. The van der Waals surface area contributed by atoms with E-state index in [1.807, 2.05) is 30.3 Å². The molecule has 1 aliphatic heterocycles. The molecule has 0 aliphatic carbocycles. The molecular weight excluding hydrogens is 507 g/mol. The summed E-state index contributed by atoms with van der Waals surface area (Å²) < 4.78 is 40.0. The Morgan fingerprint density at radius 1 is 1.08 bits per heavy atom. The lowest BCUT2D eigenvalue weighted by atomic mass is 9.96. The summed E-state index contributed by atoms with van der Waals surface area (Å²) in [6.45, 7) is 2.33. The molecule has 0 saturated carbocycles. The predicted octanol–water partition coefficient (Wildman–Crippen LogP) is 2.09. The van der Waals surface area contributed by atoms with Crippen LogP contribution in [-0.2, 0) is 25.7 Å². The van der Waals surface area contributed by atoms with E-state index in [2.05, 4.69) is 20.7 Å². The van der Waals surface area contributed by atoms with E-state index in [1.165, 1.54) is 24.3 Å². The zero-order valence-electron chi connectivity index (χ0n) is 20.2. The number of amidine groups is 1. The van der Waals surface area contributed by atoms with Crippen molar-refractivity contribution in [1.82, 2.24) is 21.3 Å². The number of carbonyl (C=O) groups excluding carboxylic acids is 4. The van der Waals surface area contributed by atoms with Crippen LogP contribution in [0.3, 0.4) is 0 Å². The van der Waals surface area contributed by atoms with E-state index in [4.69, 9.17) is 5.41 Å². The summed E-state index contributed by atoms with van der Waals surface area (Å²) in [5.74, 6) is -3.76. The summed E-state index contributed by atoms with van der Waals surface area (Å²) in [7, 11) is 0. The van der Waals surface area contributed by atoms with Gasteiger partial charge in [-0.3, -0.25) is 20.3 Å². The highest BCUT2D eigenvalue weighted by Gasteiger charge is 2.42. The second kappa shape index (κ2) is 12.3. The number of nitrogens with one attached hydrogen (secondary N) is 5. The minimum absolute atomic E-state index is 0.0972. The zero-order valence-corrected chi connectivity index (χ0v) is 20.2. The molecule has 3 atom stereocenters. The summed E-state index contributed by atoms with van der Waals surface area (Å²) in [5.41, 5.74) is 1.89. The van der Waals surface area contributed by atoms with Crippen molar-refractivity contribution in [3.63, 3.8) is 0 Å². The number of halogens is 3. The first-order valence-corrected chi connectivity index (χ1v) is 11.6. The minimum atomic E-state index is -5.34. The molecule has 2 aromatic rings. The van der Waals surface area contributed by atoms with Crippen molar-refractivity contribution in [3.05, 3.63) is 71.3 Å². The van der Waals surface area contributed by atoms with Crippen LogP contribution in [0.4, 0.5) is 18.0 Å². The first-order valence-electron chi connectivity index (χ1n) is 11.6. The van der Waals surface area contributed by atoms with Crippen molar-refractivity contribution in [2.75, 3.05) is 6.54 Å². The second-order valence-electron chi connectivity index (χ2n) is 8.62. The molecule has 0 radical (unpaired) electrons. The van der Waals surface area contributed by atoms with Gasteiger partial charge in [-0.2, -0.15) is 13.2 Å².